The molecule has 2 aliphatic heterocycles. The smallest absolute Gasteiger partial charge is 0.286 e. The molecule has 0 aromatic heterocycles. The number of carbonyl (C=O) groups is 2. The molecule has 1 saturated carbocycles. The topological polar surface area (TPSA) is 118 Å². The fourth-order valence-electron chi connectivity index (χ4n) is 4.17. The summed E-state index contributed by atoms with van der Waals surface area (Å²) in [6.07, 6.45) is 5.87. The van der Waals surface area contributed by atoms with Gasteiger partial charge in [-0.25, -0.2) is 0 Å². The van der Waals surface area contributed by atoms with Gasteiger partial charge in [-0.15, -0.1) is 0 Å². The summed E-state index contributed by atoms with van der Waals surface area (Å²) in [6.45, 7) is 1.50. The monoisotopic (exact) mass is 415 g/mol. The van der Waals surface area contributed by atoms with Crippen molar-refractivity contribution in [2.45, 2.75) is 68.6 Å². The first-order valence-electron chi connectivity index (χ1n) is 10.1. The van der Waals surface area contributed by atoms with Gasteiger partial charge in [0.2, 0.25) is 5.91 Å². The molecule has 3 aliphatic rings. The van der Waals surface area contributed by atoms with Gasteiger partial charge in [-0.05, 0) is 45.1 Å². The maximum atomic E-state index is 11.7. The second-order valence-electron chi connectivity index (χ2n) is 7.90. The Balaban J connectivity index is 1.31. The minimum absolute atomic E-state index is 0.0460. The van der Waals surface area contributed by atoms with Gasteiger partial charge >= 0.3 is 0 Å². The zero-order valence-corrected chi connectivity index (χ0v) is 17.5. The lowest BCUT2D eigenvalue weighted by molar-refractivity contribution is -0.119. The van der Waals surface area contributed by atoms with E-state index in [1.54, 1.807) is 7.11 Å². The van der Waals surface area contributed by atoms with Crippen molar-refractivity contribution in [3.8, 4) is 0 Å². The molecule has 0 bridgehead atoms. The van der Waals surface area contributed by atoms with Crippen LogP contribution in [0.25, 0.3) is 0 Å². The molecule has 3 rings (SSSR count). The maximum absolute atomic E-state index is 11.7. The molecule has 10 heteroatoms. The molecule has 3 fully saturated rings. The van der Waals surface area contributed by atoms with Crippen molar-refractivity contribution in [2.75, 3.05) is 27.3 Å². The average Bonchev–Trinajstić information content (AvgIpc) is 2.99. The highest BCUT2D eigenvalue weighted by molar-refractivity contribution is 8.15. The van der Waals surface area contributed by atoms with Crippen LogP contribution < -0.4 is 21.7 Å². The summed E-state index contributed by atoms with van der Waals surface area (Å²) in [4.78, 5) is 25.2. The van der Waals surface area contributed by atoms with Crippen LogP contribution in [-0.4, -0.2) is 73.4 Å². The van der Waals surface area contributed by atoms with Gasteiger partial charge in [-0.2, -0.15) is 0 Å². The quantitative estimate of drug-likeness (QED) is 0.445. The molecule has 28 heavy (non-hydrogen) atoms. The highest BCUT2D eigenvalue weighted by atomic mass is 32.2. The predicted molar refractivity (Wildman–Crippen MR) is 107 cm³/mol. The number of imide groups is 1. The van der Waals surface area contributed by atoms with Crippen molar-refractivity contribution in [1.82, 2.24) is 20.9 Å². The van der Waals surface area contributed by atoms with E-state index in [1.165, 1.54) is 0 Å². The second-order valence-corrected chi connectivity index (χ2v) is 9.08. The standard InChI is InChI=1S/C18H33N5O4S/c1-23(14-10-15(26-2)21-17(19)20-14)7-8-27-12-5-3-11(4-6-12)9-13-16(24)22-18(25)28-13/h11-15,17,20-21H,3-10,19H2,1-2H3,(H,22,24,25). The summed E-state index contributed by atoms with van der Waals surface area (Å²) in [5.74, 6) is 0.376. The molecule has 0 spiro atoms. The molecule has 2 heterocycles. The molecule has 2 amide bonds. The minimum atomic E-state index is -0.280. The summed E-state index contributed by atoms with van der Waals surface area (Å²) in [5, 5.41) is 8.40. The SMILES string of the molecule is COC1CC(N(C)CCOC2CCC(CC3SC(=O)NC3=O)CC2)NC(N)N1. The summed E-state index contributed by atoms with van der Waals surface area (Å²) in [5.41, 5.74) is 5.96. The summed E-state index contributed by atoms with van der Waals surface area (Å²) in [7, 11) is 3.75. The Bertz CT molecular complexity index is 546. The fraction of sp³-hybridized carbons (Fsp3) is 0.889. The highest BCUT2D eigenvalue weighted by Gasteiger charge is 2.34. The number of nitrogens with one attached hydrogen (secondary N) is 3. The second kappa shape index (κ2) is 10.3. The van der Waals surface area contributed by atoms with Crippen LogP contribution in [0.5, 0.6) is 0 Å². The number of methoxy groups -OCH3 is 1. The van der Waals surface area contributed by atoms with E-state index in [-0.39, 0.29) is 41.2 Å². The molecule has 4 atom stereocenters. The Kier molecular flexibility index (Phi) is 8.10. The van der Waals surface area contributed by atoms with Crippen LogP contribution in [0.15, 0.2) is 0 Å². The number of rotatable bonds is 8. The van der Waals surface area contributed by atoms with Gasteiger partial charge in [-0.1, -0.05) is 11.8 Å². The number of ether oxygens (including phenoxy) is 2. The Labute approximate surface area is 170 Å². The van der Waals surface area contributed by atoms with Crippen molar-refractivity contribution in [1.29, 1.82) is 0 Å². The largest absolute Gasteiger partial charge is 0.377 e. The molecule has 1 aliphatic carbocycles. The number of likely N-dealkylation sites (N-methyl/N-ethyl adjacent to an activating group) is 1. The Hall–Kier alpha value is -0.750. The van der Waals surface area contributed by atoms with Crippen molar-refractivity contribution in [3.05, 3.63) is 0 Å². The molecule has 5 N–H and O–H groups in total. The third-order valence-corrected chi connectivity index (χ3v) is 6.90. The number of nitrogens with zero attached hydrogens (tertiary/aromatic N) is 1. The van der Waals surface area contributed by atoms with Gasteiger partial charge in [0.1, 0.15) is 12.5 Å². The first kappa shape index (κ1) is 21.9. The van der Waals surface area contributed by atoms with E-state index in [9.17, 15) is 9.59 Å². The predicted octanol–water partition coefficient (Wildman–Crippen LogP) is 0.359. The van der Waals surface area contributed by atoms with Gasteiger partial charge in [0, 0.05) is 20.1 Å². The molecule has 4 unspecified atom stereocenters. The fourth-order valence-corrected chi connectivity index (χ4v) is 5.12. The Morgan fingerprint density at radius 2 is 1.96 bits per heavy atom. The third-order valence-electron chi connectivity index (χ3n) is 5.90. The van der Waals surface area contributed by atoms with Crippen LogP contribution in [0.2, 0.25) is 0 Å². The third kappa shape index (κ3) is 6.12. The summed E-state index contributed by atoms with van der Waals surface area (Å²) in [6, 6.07) is 0. The van der Waals surface area contributed by atoms with E-state index in [1.807, 2.05) is 0 Å². The van der Waals surface area contributed by atoms with Gasteiger partial charge in [0.25, 0.3) is 5.24 Å². The Morgan fingerprint density at radius 3 is 2.61 bits per heavy atom. The number of hydrogen-bond acceptors (Lipinski definition) is 9. The molecule has 9 nitrogen and oxygen atoms in total. The van der Waals surface area contributed by atoms with Gasteiger partial charge in [0.15, 0.2) is 0 Å². The van der Waals surface area contributed by atoms with E-state index in [0.717, 1.165) is 56.8 Å². The molecule has 160 valence electrons. The molecular weight excluding hydrogens is 382 g/mol. The van der Waals surface area contributed by atoms with Crippen LogP contribution in [0.1, 0.15) is 38.5 Å². The van der Waals surface area contributed by atoms with E-state index >= 15 is 0 Å². The zero-order chi connectivity index (χ0) is 20.1. The minimum Gasteiger partial charge on any atom is -0.377 e. The molecule has 0 aromatic rings. The summed E-state index contributed by atoms with van der Waals surface area (Å²) >= 11 is 1.14. The van der Waals surface area contributed by atoms with E-state index < -0.39 is 0 Å². The average molecular weight is 416 g/mol. The normalized spacial score (nSPS) is 36.7. The van der Waals surface area contributed by atoms with Crippen molar-refractivity contribution in [2.24, 2.45) is 11.7 Å². The Morgan fingerprint density at radius 1 is 1.21 bits per heavy atom. The summed E-state index contributed by atoms with van der Waals surface area (Å²) < 4.78 is 11.5. The van der Waals surface area contributed by atoms with Crippen LogP contribution in [0.3, 0.4) is 0 Å². The highest BCUT2D eigenvalue weighted by Crippen LogP contribution is 2.34. The number of nitrogens with two attached hydrogens (primary N) is 1. The van der Waals surface area contributed by atoms with Gasteiger partial charge in [0.05, 0.1) is 24.1 Å². The molecule has 2 saturated heterocycles. The first-order chi connectivity index (χ1) is 13.4. The molecule has 0 aromatic carbocycles. The van der Waals surface area contributed by atoms with Crippen LogP contribution in [-0.2, 0) is 14.3 Å². The number of carbonyl (C=O) groups excluding carboxylic acids is 2. The lowest BCUT2D eigenvalue weighted by atomic mass is 9.84. The lowest BCUT2D eigenvalue weighted by Crippen LogP contribution is -2.66. The maximum Gasteiger partial charge on any atom is 0.286 e. The first-order valence-corrected chi connectivity index (χ1v) is 11.0. The number of amides is 2. The number of hydrogen-bond donors (Lipinski definition) is 4. The van der Waals surface area contributed by atoms with Gasteiger partial charge < -0.3 is 15.2 Å². The number of thioether (sulfide) groups is 1. The van der Waals surface area contributed by atoms with Crippen LogP contribution >= 0.6 is 11.8 Å². The van der Waals surface area contributed by atoms with Crippen molar-refractivity contribution >= 4 is 22.9 Å². The van der Waals surface area contributed by atoms with E-state index in [2.05, 4.69) is 27.9 Å². The lowest BCUT2D eigenvalue weighted by Gasteiger charge is -2.39. The van der Waals surface area contributed by atoms with E-state index in [4.69, 9.17) is 15.2 Å². The van der Waals surface area contributed by atoms with Crippen molar-refractivity contribution in [3.63, 3.8) is 0 Å². The molecule has 0 radical (unpaired) electrons. The van der Waals surface area contributed by atoms with Crippen LogP contribution in [0, 0.1) is 5.92 Å². The van der Waals surface area contributed by atoms with E-state index in [0.29, 0.717) is 12.5 Å². The zero-order valence-electron chi connectivity index (χ0n) is 16.7. The van der Waals surface area contributed by atoms with Crippen LogP contribution in [0.4, 0.5) is 4.79 Å². The van der Waals surface area contributed by atoms with Gasteiger partial charge in [-0.3, -0.25) is 30.4 Å². The van der Waals surface area contributed by atoms with Crippen molar-refractivity contribution < 1.29 is 19.1 Å². The molecular formula is C18H33N5O4S.